The van der Waals surface area contributed by atoms with Crippen LogP contribution in [0.4, 0.5) is 0 Å². The van der Waals surface area contributed by atoms with E-state index in [0.717, 1.165) is 6.54 Å². The summed E-state index contributed by atoms with van der Waals surface area (Å²) in [5, 5.41) is 12.4. The predicted octanol–water partition coefficient (Wildman–Crippen LogP) is 0.00830. The first-order chi connectivity index (χ1) is 6.16. The van der Waals surface area contributed by atoms with Gasteiger partial charge < -0.3 is 19.9 Å². The van der Waals surface area contributed by atoms with Gasteiger partial charge in [0, 0.05) is 19.7 Å². The molecule has 1 unspecified atom stereocenters. The summed E-state index contributed by atoms with van der Waals surface area (Å²) in [4.78, 5) is 0. The number of hydrogen-bond acceptors (Lipinski definition) is 4. The molecular formula is C9H21NO3. The molecule has 0 saturated carbocycles. The van der Waals surface area contributed by atoms with Crippen LogP contribution in [-0.4, -0.2) is 50.7 Å². The second kappa shape index (κ2) is 8.44. The number of methoxy groups -OCH3 is 1. The van der Waals surface area contributed by atoms with Gasteiger partial charge in [-0.3, -0.25) is 0 Å². The van der Waals surface area contributed by atoms with Gasteiger partial charge in [0.25, 0.3) is 0 Å². The molecule has 0 amide bonds. The maximum absolute atomic E-state index is 9.19. The van der Waals surface area contributed by atoms with Crippen LogP contribution in [0.15, 0.2) is 0 Å². The zero-order chi connectivity index (χ0) is 10.1. The van der Waals surface area contributed by atoms with Gasteiger partial charge in [0.05, 0.1) is 19.8 Å². The molecule has 0 fully saturated rings. The van der Waals surface area contributed by atoms with Gasteiger partial charge in [0.1, 0.15) is 6.10 Å². The van der Waals surface area contributed by atoms with Crippen LogP contribution in [0.2, 0.25) is 0 Å². The number of rotatable bonds is 8. The third kappa shape index (κ3) is 9.76. The van der Waals surface area contributed by atoms with E-state index in [-0.39, 0.29) is 0 Å². The molecule has 0 aromatic carbocycles. The molecule has 13 heavy (non-hydrogen) atoms. The van der Waals surface area contributed by atoms with E-state index in [1.54, 1.807) is 7.11 Å². The zero-order valence-electron chi connectivity index (χ0n) is 8.75. The van der Waals surface area contributed by atoms with E-state index < -0.39 is 6.10 Å². The van der Waals surface area contributed by atoms with Crippen molar-refractivity contribution in [3.8, 4) is 0 Å². The summed E-state index contributed by atoms with van der Waals surface area (Å²) in [6, 6.07) is 0.479. The molecule has 0 aromatic heterocycles. The van der Waals surface area contributed by atoms with Crippen LogP contribution in [0.3, 0.4) is 0 Å². The van der Waals surface area contributed by atoms with E-state index in [2.05, 4.69) is 19.2 Å². The number of ether oxygens (including phenoxy) is 2. The highest BCUT2D eigenvalue weighted by Gasteiger charge is 2.02. The lowest BCUT2D eigenvalue weighted by molar-refractivity contribution is -0.00533. The first-order valence-corrected chi connectivity index (χ1v) is 4.65. The fraction of sp³-hybridized carbons (Fsp3) is 1.00. The van der Waals surface area contributed by atoms with Crippen molar-refractivity contribution in [1.29, 1.82) is 0 Å². The molecule has 4 nitrogen and oxygen atoms in total. The minimum absolute atomic E-state index is 0.331. The smallest absolute Gasteiger partial charge is 0.101 e. The Hall–Kier alpha value is -0.160. The summed E-state index contributed by atoms with van der Waals surface area (Å²) in [5.41, 5.74) is 0. The molecule has 0 radical (unpaired) electrons. The molecule has 0 aliphatic rings. The summed E-state index contributed by atoms with van der Waals surface area (Å²) in [6.07, 6.45) is -0.510. The normalized spacial score (nSPS) is 13.6. The van der Waals surface area contributed by atoms with Crippen LogP contribution in [0.1, 0.15) is 13.8 Å². The third-order valence-electron chi connectivity index (χ3n) is 1.47. The van der Waals surface area contributed by atoms with Gasteiger partial charge in [-0.1, -0.05) is 13.8 Å². The molecule has 0 saturated heterocycles. The van der Waals surface area contributed by atoms with Crippen molar-refractivity contribution in [2.75, 3.05) is 33.5 Å². The number of aliphatic hydroxyl groups is 1. The SMILES string of the molecule is COCC(O)COCCNC(C)C. The van der Waals surface area contributed by atoms with E-state index in [1.165, 1.54) is 0 Å². The zero-order valence-corrected chi connectivity index (χ0v) is 8.75. The van der Waals surface area contributed by atoms with Crippen molar-refractivity contribution in [1.82, 2.24) is 5.32 Å². The highest BCUT2D eigenvalue weighted by Crippen LogP contribution is 1.86. The van der Waals surface area contributed by atoms with Gasteiger partial charge in [-0.2, -0.15) is 0 Å². The Morgan fingerprint density at radius 3 is 2.54 bits per heavy atom. The minimum Gasteiger partial charge on any atom is -0.388 e. The second-order valence-electron chi connectivity index (χ2n) is 3.29. The molecule has 0 aliphatic heterocycles. The Balaban J connectivity index is 3.06. The maximum Gasteiger partial charge on any atom is 0.101 e. The standard InChI is InChI=1S/C9H21NO3/c1-8(2)10-4-5-13-7-9(11)6-12-3/h8-11H,4-7H2,1-3H3. The highest BCUT2D eigenvalue weighted by molar-refractivity contribution is 4.53. The Labute approximate surface area is 80.2 Å². The van der Waals surface area contributed by atoms with Gasteiger partial charge in [-0.25, -0.2) is 0 Å². The summed E-state index contributed by atoms with van der Waals surface area (Å²) < 4.78 is 9.96. The van der Waals surface area contributed by atoms with Gasteiger partial charge >= 0.3 is 0 Å². The number of nitrogens with one attached hydrogen (secondary N) is 1. The Morgan fingerprint density at radius 2 is 2.00 bits per heavy atom. The van der Waals surface area contributed by atoms with Crippen LogP contribution in [-0.2, 0) is 9.47 Å². The van der Waals surface area contributed by atoms with E-state index >= 15 is 0 Å². The van der Waals surface area contributed by atoms with Crippen LogP contribution >= 0.6 is 0 Å². The van der Waals surface area contributed by atoms with Crippen molar-refractivity contribution < 1.29 is 14.6 Å². The van der Waals surface area contributed by atoms with E-state index in [0.29, 0.717) is 25.9 Å². The van der Waals surface area contributed by atoms with Gasteiger partial charge in [-0.05, 0) is 0 Å². The lowest BCUT2D eigenvalue weighted by Gasteiger charge is -2.11. The first-order valence-electron chi connectivity index (χ1n) is 4.65. The largest absolute Gasteiger partial charge is 0.388 e. The molecule has 0 spiro atoms. The molecular weight excluding hydrogens is 170 g/mol. The number of hydrogen-bond donors (Lipinski definition) is 2. The van der Waals surface area contributed by atoms with Crippen molar-refractivity contribution in [3.63, 3.8) is 0 Å². The van der Waals surface area contributed by atoms with Crippen LogP contribution in [0.25, 0.3) is 0 Å². The predicted molar refractivity (Wildman–Crippen MR) is 51.8 cm³/mol. The average Bonchev–Trinajstić information content (AvgIpc) is 2.03. The van der Waals surface area contributed by atoms with Crippen molar-refractivity contribution in [2.45, 2.75) is 26.0 Å². The van der Waals surface area contributed by atoms with E-state index in [9.17, 15) is 5.11 Å². The topological polar surface area (TPSA) is 50.7 Å². The summed E-state index contributed by atoms with van der Waals surface area (Å²) in [5.74, 6) is 0. The quantitative estimate of drug-likeness (QED) is 0.531. The van der Waals surface area contributed by atoms with Crippen molar-refractivity contribution >= 4 is 0 Å². The molecule has 80 valence electrons. The summed E-state index contributed by atoms with van der Waals surface area (Å²) >= 11 is 0. The fourth-order valence-corrected chi connectivity index (χ4v) is 0.880. The van der Waals surface area contributed by atoms with Gasteiger partial charge in [0.2, 0.25) is 0 Å². The van der Waals surface area contributed by atoms with Gasteiger partial charge in [0.15, 0.2) is 0 Å². The summed E-state index contributed by atoms with van der Waals surface area (Å²) in [6.45, 7) is 6.28. The molecule has 0 rings (SSSR count). The lowest BCUT2D eigenvalue weighted by Crippen LogP contribution is -2.28. The lowest BCUT2D eigenvalue weighted by atomic mass is 10.4. The first kappa shape index (κ1) is 12.8. The van der Waals surface area contributed by atoms with Gasteiger partial charge in [-0.15, -0.1) is 0 Å². The molecule has 2 N–H and O–H groups in total. The van der Waals surface area contributed by atoms with Crippen molar-refractivity contribution in [3.05, 3.63) is 0 Å². The van der Waals surface area contributed by atoms with Crippen LogP contribution in [0, 0.1) is 0 Å². The monoisotopic (exact) mass is 191 g/mol. The average molecular weight is 191 g/mol. The van der Waals surface area contributed by atoms with E-state index in [4.69, 9.17) is 9.47 Å². The molecule has 0 heterocycles. The molecule has 0 aromatic rings. The Kier molecular flexibility index (Phi) is 8.33. The Bertz CT molecular complexity index is 109. The highest BCUT2D eigenvalue weighted by atomic mass is 16.5. The molecule has 0 aliphatic carbocycles. The van der Waals surface area contributed by atoms with Crippen molar-refractivity contribution in [2.24, 2.45) is 0 Å². The fourth-order valence-electron chi connectivity index (χ4n) is 0.880. The van der Waals surface area contributed by atoms with Crippen LogP contribution < -0.4 is 5.32 Å². The molecule has 4 heteroatoms. The van der Waals surface area contributed by atoms with E-state index in [1.807, 2.05) is 0 Å². The number of aliphatic hydroxyl groups excluding tert-OH is 1. The molecule has 0 bridgehead atoms. The third-order valence-corrected chi connectivity index (χ3v) is 1.47. The minimum atomic E-state index is -0.510. The molecule has 1 atom stereocenters. The Morgan fingerprint density at radius 1 is 1.31 bits per heavy atom. The maximum atomic E-state index is 9.19. The second-order valence-corrected chi connectivity index (χ2v) is 3.29. The van der Waals surface area contributed by atoms with Crippen LogP contribution in [0.5, 0.6) is 0 Å². The summed E-state index contributed by atoms with van der Waals surface area (Å²) in [7, 11) is 1.56.